The number of hydrogen-bond acceptors (Lipinski definition) is 5. The number of nitrogens with zero attached hydrogens (tertiary/aromatic N) is 3. The molecule has 0 aliphatic heterocycles. The SMILES string of the molecule is CCCCCCCCOC(=O)c1c(N)n(-c2ccc(C)c(Cl)c2)c2nc3ccccc3nc12. The summed E-state index contributed by atoms with van der Waals surface area (Å²) in [6.07, 6.45) is 6.68. The number of hydrogen-bond donors (Lipinski definition) is 1. The molecule has 0 radical (unpaired) electrons. The smallest absolute Gasteiger partial charge is 0.344 e. The lowest BCUT2D eigenvalue weighted by Gasteiger charge is -2.09. The third-order valence-electron chi connectivity index (χ3n) is 5.85. The number of fused-ring (bicyclic) bond motifs is 2. The minimum atomic E-state index is -0.479. The minimum absolute atomic E-state index is 0.242. The fourth-order valence-electron chi connectivity index (χ4n) is 3.96. The van der Waals surface area contributed by atoms with Crippen LogP contribution in [0, 0.1) is 6.92 Å². The minimum Gasteiger partial charge on any atom is -0.462 e. The summed E-state index contributed by atoms with van der Waals surface area (Å²) < 4.78 is 7.33. The van der Waals surface area contributed by atoms with Gasteiger partial charge in [0.15, 0.2) is 5.65 Å². The highest BCUT2D eigenvalue weighted by Crippen LogP contribution is 2.32. The number of rotatable bonds is 9. The van der Waals surface area contributed by atoms with E-state index in [9.17, 15) is 4.79 Å². The Hall–Kier alpha value is -3.12. The number of para-hydroxylation sites is 2. The van der Waals surface area contributed by atoms with Crippen LogP contribution >= 0.6 is 11.6 Å². The van der Waals surface area contributed by atoms with Crippen LogP contribution in [0.4, 0.5) is 5.82 Å². The van der Waals surface area contributed by atoms with Crippen molar-refractivity contribution in [1.82, 2.24) is 14.5 Å². The summed E-state index contributed by atoms with van der Waals surface area (Å²) in [7, 11) is 0. The van der Waals surface area contributed by atoms with Gasteiger partial charge in [0.1, 0.15) is 16.9 Å². The number of ether oxygens (including phenoxy) is 1. The predicted molar refractivity (Wildman–Crippen MR) is 134 cm³/mol. The molecule has 0 saturated carbocycles. The van der Waals surface area contributed by atoms with E-state index >= 15 is 0 Å². The van der Waals surface area contributed by atoms with E-state index in [1.165, 1.54) is 19.3 Å². The number of carbonyl (C=O) groups is 1. The van der Waals surface area contributed by atoms with Crippen LogP contribution in [0.2, 0.25) is 5.02 Å². The first-order valence-electron chi connectivity index (χ1n) is 11.5. The van der Waals surface area contributed by atoms with Crippen molar-refractivity contribution in [3.05, 3.63) is 58.6 Å². The molecule has 0 fully saturated rings. The van der Waals surface area contributed by atoms with Crippen LogP contribution in [-0.4, -0.2) is 27.1 Å². The average molecular weight is 465 g/mol. The number of carbonyl (C=O) groups excluding carboxylic acids is 1. The standard InChI is InChI=1S/C26H29ClN4O2/c1-3-4-5-6-7-10-15-33-26(32)22-23-25(30-21-12-9-8-11-20(21)29-23)31(24(22)28)18-14-13-17(2)19(27)16-18/h8-9,11-14,16H,3-7,10,15,28H2,1-2H3. The molecule has 6 nitrogen and oxygen atoms in total. The van der Waals surface area contributed by atoms with Crippen molar-refractivity contribution in [3.8, 4) is 5.69 Å². The van der Waals surface area contributed by atoms with Crippen molar-refractivity contribution in [2.45, 2.75) is 52.4 Å². The number of unbranched alkanes of at least 4 members (excludes halogenated alkanes) is 5. The van der Waals surface area contributed by atoms with Gasteiger partial charge < -0.3 is 10.5 Å². The van der Waals surface area contributed by atoms with Gasteiger partial charge in [0.25, 0.3) is 0 Å². The molecule has 0 bridgehead atoms. The molecule has 0 saturated heterocycles. The van der Waals surface area contributed by atoms with Gasteiger partial charge in [0.05, 0.1) is 23.3 Å². The summed E-state index contributed by atoms with van der Waals surface area (Å²) in [5.41, 5.74) is 10.8. The lowest BCUT2D eigenvalue weighted by molar-refractivity contribution is 0.0501. The van der Waals surface area contributed by atoms with Gasteiger partial charge in [0.2, 0.25) is 0 Å². The topological polar surface area (TPSA) is 83.0 Å². The Labute approximate surface area is 198 Å². The van der Waals surface area contributed by atoms with Crippen LogP contribution in [0.5, 0.6) is 0 Å². The second kappa shape index (κ2) is 10.2. The molecule has 0 aliphatic rings. The first-order chi connectivity index (χ1) is 16.0. The van der Waals surface area contributed by atoms with Gasteiger partial charge in [-0.1, -0.05) is 68.8 Å². The Bertz CT molecular complexity index is 1300. The molecule has 0 amide bonds. The Morgan fingerprint density at radius 1 is 1.03 bits per heavy atom. The first-order valence-corrected chi connectivity index (χ1v) is 11.9. The second-order valence-corrected chi connectivity index (χ2v) is 8.72. The zero-order valence-electron chi connectivity index (χ0n) is 19.1. The van der Waals surface area contributed by atoms with Crippen molar-refractivity contribution < 1.29 is 9.53 Å². The molecule has 2 N–H and O–H groups in total. The zero-order chi connectivity index (χ0) is 23.4. The summed E-state index contributed by atoms with van der Waals surface area (Å²) in [6, 6.07) is 13.2. The van der Waals surface area contributed by atoms with Crippen LogP contribution in [0.1, 0.15) is 61.4 Å². The molecule has 0 spiro atoms. The van der Waals surface area contributed by atoms with E-state index in [1.807, 2.05) is 49.4 Å². The lowest BCUT2D eigenvalue weighted by atomic mass is 10.1. The number of esters is 1. The fourth-order valence-corrected chi connectivity index (χ4v) is 4.14. The van der Waals surface area contributed by atoms with Gasteiger partial charge in [0, 0.05) is 5.02 Å². The average Bonchev–Trinajstić information content (AvgIpc) is 3.09. The van der Waals surface area contributed by atoms with Crippen LogP contribution < -0.4 is 5.73 Å². The Morgan fingerprint density at radius 3 is 2.45 bits per heavy atom. The Kier molecular flexibility index (Phi) is 7.14. The molecule has 2 aromatic heterocycles. The molecule has 2 aromatic carbocycles. The highest BCUT2D eigenvalue weighted by atomic mass is 35.5. The molecule has 33 heavy (non-hydrogen) atoms. The molecule has 0 atom stereocenters. The zero-order valence-corrected chi connectivity index (χ0v) is 19.9. The van der Waals surface area contributed by atoms with Gasteiger partial charge >= 0.3 is 5.97 Å². The van der Waals surface area contributed by atoms with E-state index in [1.54, 1.807) is 4.57 Å². The van der Waals surface area contributed by atoms with Crippen LogP contribution in [0.25, 0.3) is 27.9 Å². The largest absolute Gasteiger partial charge is 0.462 e. The van der Waals surface area contributed by atoms with Crippen molar-refractivity contribution >= 4 is 45.6 Å². The molecule has 4 rings (SSSR count). The molecule has 0 unspecified atom stereocenters. The molecule has 172 valence electrons. The maximum atomic E-state index is 13.1. The van der Waals surface area contributed by atoms with Gasteiger partial charge in [-0.05, 0) is 43.2 Å². The fraction of sp³-hybridized carbons (Fsp3) is 0.346. The molecule has 2 heterocycles. The second-order valence-electron chi connectivity index (χ2n) is 8.32. The van der Waals surface area contributed by atoms with E-state index in [-0.39, 0.29) is 11.4 Å². The Balaban J connectivity index is 1.71. The van der Waals surface area contributed by atoms with Gasteiger partial charge in [-0.15, -0.1) is 0 Å². The molecule has 4 aromatic rings. The van der Waals surface area contributed by atoms with Crippen molar-refractivity contribution in [1.29, 1.82) is 0 Å². The first kappa shape index (κ1) is 23.1. The summed E-state index contributed by atoms with van der Waals surface area (Å²) in [5, 5.41) is 0.606. The summed E-state index contributed by atoms with van der Waals surface area (Å²) in [6.45, 7) is 4.48. The predicted octanol–water partition coefficient (Wildman–Crippen LogP) is 6.64. The maximum absolute atomic E-state index is 13.1. The van der Waals surface area contributed by atoms with E-state index in [0.29, 0.717) is 39.5 Å². The van der Waals surface area contributed by atoms with E-state index in [4.69, 9.17) is 32.0 Å². The van der Waals surface area contributed by atoms with Gasteiger partial charge in [-0.25, -0.2) is 14.8 Å². The van der Waals surface area contributed by atoms with E-state index in [0.717, 1.165) is 24.8 Å². The monoisotopic (exact) mass is 464 g/mol. The highest BCUT2D eigenvalue weighted by molar-refractivity contribution is 6.31. The molecule has 0 aliphatic carbocycles. The van der Waals surface area contributed by atoms with Crippen LogP contribution in [0.3, 0.4) is 0 Å². The number of nitrogens with two attached hydrogens (primary N) is 1. The van der Waals surface area contributed by atoms with Crippen LogP contribution in [0.15, 0.2) is 42.5 Å². The number of benzene rings is 2. The van der Waals surface area contributed by atoms with Gasteiger partial charge in [-0.2, -0.15) is 0 Å². The molecule has 7 heteroatoms. The lowest BCUT2D eigenvalue weighted by Crippen LogP contribution is -2.10. The number of aryl methyl sites for hydroxylation is 1. The van der Waals surface area contributed by atoms with Crippen molar-refractivity contribution in [2.24, 2.45) is 0 Å². The third kappa shape index (κ3) is 4.81. The molecular formula is C26H29ClN4O2. The summed E-state index contributed by atoms with van der Waals surface area (Å²) >= 11 is 6.38. The quantitative estimate of drug-likeness (QED) is 0.222. The van der Waals surface area contributed by atoms with E-state index in [2.05, 4.69) is 6.92 Å². The number of anilines is 1. The molecular weight excluding hydrogens is 436 g/mol. The normalized spacial score (nSPS) is 11.4. The summed E-state index contributed by atoms with van der Waals surface area (Å²) in [5.74, 6) is -0.235. The van der Waals surface area contributed by atoms with Gasteiger partial charge in [-0.3, -0.25) is 4.57 Å². The maximum Gasteiger partial charge on any atom is 0.344 e. The number of halogens is 1. The number of nitrogen functional groups attached to an aromatic ring is 1. The summed E-state index contributed by atoms with van der Waals surface area (Å²) in [4.78, 5) is 22.6. The van der Waals surface area contributed by atoms with Crippen LogP contribution in [-0.2, 0) is 4.74 Å². The number of aromatic nitrogens is 3. The van der Waals surface area contributed by atoms with Crippen molar-refractivity contribution in [2.75, 3.05) is 12.3 Å². The highest BCUT2D eigenvalue weighted by Gasteiger charge is 2.26. The van der Waals surface area contributed by atoms with E-state index < -0.39 is 5.97 Å². The van der Waals surface area contributed by atoms with Crippen molar-refractivity contribution in [3.63, 3.8) is 0 Å². The third-order valence-corrected chi connectivity index (χ3v) is 6.25. The Morgan fingerprint density at radius 2 is 1.73 bits per heavy atom.